The summed E-state index contributed by atoms with van der Waals surface area (Å²) in [6.45, 7) is 3.51. The molecule has 0 atom stereocenters. The summed E-state index contributed by atoms with van der Waals surface area (Å²) in [5.41, 5.74) is 3.71. The molecule has 5 nitrogen and oxygen atoms in total. The van der Waals surface area contributed by atoms with Crippen molar-refractivity contribution in [3.05, 3.63) is 54.1 Å². The zero-order valence-corrected chi connectivity index (χ0v) is 16.8. The molecule has 4 rings (SSSR count). The van der Waals surface area contributed by atoms with Crippen LogP contribution in [0.25, 0.3) is 22.4 Å². The van der Waals surface area contributed by atoms with Crippen molar-refractivity contribution in [2.75, 3.05) is 26.7 Å². The molecule has 2 aromatic carbocycles. The van der Waals surface area contributed by atoms with Crippen molar-refractivity contribution in [1.82, 2.24) is 19.8 Å². The maximum absolute atomic E-state index is 13.4. The van der Waals surface area contributed by atoms with E-state index in [1.165, 1.54) is 0 Å². The number of carbonyl (C=O) groups excluding carboxylic acids is 1. The first-order valence-corrected chi connectivity index (χ1v) is 10.3. The number of carbonyl (C=O) groups is 1. The fourth-order valence-electron chi connectivity index (χ4n) is 4.01. The van der Waals surface area contributed by atoms with Crippen LogP contribution in [-0.2, 0) is 6.54 Å². The lowest BCUT2D eigenvalue weighted by Crippen LogP contribution is -2.35. The number of alkyl halides is 1. The molecule has 1 aromatic heterocycles. The molecule has 1 fully saturated rings. The second kappa shape index (κ2) is 8.74. The number of nitrogens with one attached hydrogen (secondary N) is 1. The number of amides is 1. The number of rotatable bonds is 6. The summed E-state index contributed by atoms with van der Waals surface area (Å²) < 4.78 is 15.6. The lowest BCUT2D eigenvalue weighted by atomic mass is 10.1. The number of hydrogen-bond donors (Lipinski definition) is 1. The van der Waals surface area contributed by atoms with Gasteiger partial charge in [0.05, 0.1) is 11.0 Å². The van der Waals surface area contributed by atoms with E-state index in [0.29, 0.717) is 18.4 Å². The highest BCUT2D eigenvalue weighted by molar-refractivity contribution is 5.94. The van der Waals surface area contributed by atoms with E-state index in [2.05, 4.69) is 20.9 Å². The van der Waals surface area contributed by atoms with Gasteiger partial charge in [0.15, 0.2) is 0 Å². The number of aromatic nitrogens is 2. The molecule has 3 aromatic rings. The molecule has 0 radical (unpaired) electrons. The fourth-order valence-corrected chi connectivity index (χ4v) is 4.01. The van der Waals surface area contributed by atoms with Crippen molar-refractivity contribution in [2.24, 2.45) is 0 Å². The van der Waals surface area contributed by atoms with Crippen LogP contribution >= 0.6 is 0 Å². The molecule has 1 N–H and O–H groups in total. The third-order valence-corrected chi connectivity index (χ3v) is 5.66. The predicted octanol–water partition coefficient (Wildman–Crippen LogP) is 3.89. The predicted molar refractivity (Wildman–Crippen MR) is 114 cm³/mol. The normalized spacial score (nSPS) is 15.7. The van der Waals surface area contributed by atoms with Gasteiger partial charge in [-0.1, -0.05) is 24.3 Å². The number of halogens is 1. The Morgan fingerprint density at radius 2 is 1.83 bits per heavy atom. The highest BCUT2D eigenvalue weighted by Crippen LogP contribution is 2.26. The zero-order chi connectivity index (χ0) is 20.2. The highest BCUT2D eigenvalue weighted by atomic mass is 19.1. The molecule has 0 spiro atoms. The number of piperidine rings is 1. The van der Waals surface area contributed by atoms with Crippen molar-refractivity contribution in [3.8, 4) is 11.4 Å². The molecule has 0 bridgehead atoms. The van der Waals surface area contributed by atoms with E-state index in [4.69, 9.17) is 4.98 Å². The molecule has 1 aliphatic rings. The molecule has 29 heavy (non-hydrogen) atoms. The van der Waals surface area contributed by atoms with Crippen LogP contribution in [-0.4, -0.2) is 53.2 Å². The van der Waals surface area contributed by atoms with E-state index in [1.54, 1.807) is 7.05 Å². The van der Waals surface area contributed by atoms with Gasteiger partial charge < -0.3 is 14.8 Å². The van der Waals surface area contributed by atoms with E-state index in [1.807, 2.05) is 42.5 Å². The topological polar surface area (TPSA) is 50.2 Å². The molecule has 1 saturated heterocycles. The fraction of sp³-hybridized carbons (Fsp3) is 0.391. The smallest absolute Gasteiger partial charge is 0.251 e. The summed E-state index contributed by atoms with van der Waals surface area (Å²) in [4.78, 5) is 19.0. The van der Waals surface area contributed by atoms with Crippen molar-refractivity contribution >= 4 is 16.9 Å². The first-order valence-electron chi connectivity index (χ1n) is 10.3. The first kappa shape index (κ1) is 19.6. The first-order chi connectivity index (χ1) is 14.2. The lowest BCUT2D eigenvalue weighted by Gasteiger charge is -2.28. The highest BCUT2D eigenvalue weighted by Gasteiger charge is 2.18. The van der Waals surface area contributed by atoms with Gasteiger partial charge in [0.25, 0.3) is 5.91 Å². The Hall–Kier alpha value is -2.73. The van der Waals surface area contributed by atoms with Crippen LogP contribution < -0.4 is 5.32 Å². The van der Waals surface area contributed by atoms with Crippen molar-refractivity contribution in [1.29, 1.82) is 0 Å². The Bertz CT molecular complexity index is 974. The minimum atomic E-state index is -0.631. The number of likely N-dealkylation sites (tertiary alicyclic amines) is 1. The number of para-hydroxylation sites is 2. The van der Waals surface area contributed by atoms with E-state index >= 15 is 0 Å². The number of fused-ring (bicyclic) bond motifs is 1. The Kier molecular flexibility index (Phi) is 5.90. The van der Waals surface area contributed by atoms with Crippen molar-refractivity contribution in [3.63, 3.8) is 0 Å². The molecule has 0 saturated carbocycles. The molecule has 6 heteroatoms. The molecule has 0 unspecified atom stereocenters. The number of hydrogen-bond acceptors (Lipinski definition) is 3. The second-order valence-corrected chi connectivity index (χ2v) is 7.60. The largest absolute Gasteiger partial charge is 0.355 e. The van der Waals surface area contributed by atoms with Crippen LogP contribution in [0.4, 0.5) is 4.39 Å². The standard InChI is InChI=1S/C23H27FN4O/c1-25-23(29)18-9-7-17(8-10-18)22-26-20-5-2-3-6-21(20)28(22)14-4-13-27-15-11-19(24)12-16-27/h2-3,5-10,19H,4,11-16H2,1H3,(H,25,29). The molecule has 152 valence electrons. The van der Waals surface area contributed by atoms with Gasteiger partial charge in [0.2, 0.25) is 0 Å². The minimum Gasteiger partial charge on any atom is -0.355 e. The number of benzene rings is 2. The van der Waals surface area contributed by atoms with Crippen molar-refractivity contribution in [2.45, 2.75) is 32.0 Å². The number of imidazole rings is 1. The zero-order valence-electron chi connectivity index (χ0n) is 16.8. The monoisotopic (exact) mass is 394 g/mol. The van der Waals surface area contributed by atoms with Gasteiger partial charge >= 0.3 is 0 Å². The maximum atomic E-state index is 13.4. The van der Waals surface area contributed by atoms with Gasteiger partial charge in [-0.25, -0.2) is 9.37 Å². The van der Waals surface area contributed by atoms with Crippen LogP contribution in [0.1, 0.15) is 29.6 Å². The van der Waals surface area contributed by atoms with Gasteiger partial charge in [-0.2, -0.15) is 0 Å². The van der Waals surface area contributed by atoms with Gasteiger partial charge in [-0.3, -0.25) is 4.79 Å². The summed E-state index contributed by atoms with van der Waals surface area (Å²) in [7, 11) is 1.63. The quantitative estimate of drug-likeness (QED) is 0.690. The SMILES string of the molecule is CNC(=O)c1ccc(-c2nc3ccccc3n2CCCN2CCC(F)CC2)cc1. The molecular weight excluding hydrogens is 367 g/mol. The third-order valence-electron chi connectivity index (χ3n) is 5.66. The van der Waals surface area contributed by atoms with E-state index in [-0.39, 0.29) is 5.91 Å². The average Bonchev–Trinajstić information content (AvgIpc) is 3.13. The molecule has 0 aliphatic carbocycles. The summed E-state index contributed by atoms with van der Waals surface area (Å²) in [6, 6.07) is 15.7. The molecule has 1 aliphatic heterocycles. The van der Waals surface area contributed by atoms with E-state index < -0.39 is 6.17 Å². The lowest BCUT2D eigenvalue weighted by molar-refractivity contribution is 0.0963. The summed E-state index contributed by atoms with van der Waals surface area (Å²) >= 11 is 0. The Labute approximate surface area is 170 Å². The Balaban J connectivity index is 1.55. The summed E-state index contributed by atoms with van der Waals surface area (Å²) in [6.07, 6.45) is 1.65. The summed E-state index contributed by atoms with van der Waals surface area (Å²) in [5.74, 6) is 0.819. The maximum Gasteiger partial charge on any atom is 0.251 e. The van der Waals surface area contributed by atoms with Gasteiger partial charge in [-0.05, 0) is 50.1 Å². The minimum absolute atomic E-state index is 0.0953. The third kappa shape index (κ3) is 4.32. The van der Waals surface area contributed by atoms with Crippen LogP contribution in [0.15, 0.2) is 48.5 Å². The van der Waals surface area contributed by atoms with Crippen LogP contribution in [0.3, 0.4) is 0 Å². The summed E-state index contributed by atoms with van der Waals surface area (Å²) in [5, 5.41) is 2.65. The van der Waals surface area contributed by atoms with Gasteiger partial charge in [-0.15, -0.1) is 0 Å². The number of aryl methyl sites for hydroxylation is 1. The molecular formula is C23H27FN4O. The van der Waals surface area contributed by atoms with E-state index in [9.17, 15) is 9.18 Å². The van der Waals surface area contributed by atoms with Crippen molar-refractivity contribution < 1.29 is 9.18 Å². The van der Waals surface area contributed by atoms with Gasteiger partial charge in [0, 0.05) is 37.8 Å². The Morgan fingerprint density at radius 3 is 2.55 bits per heavy atom. The van der Waals surface area contributed by atoms with E-state index in [0.717, 1.165) is 55.0 Å². The van der Waals surface area contributed by atoms with Crippen LogP contribution in [0, 0.1) is 0 Å². The van der Waals surface area contributed by atoms with Crippen LogP contribution in [0.5, 0.6) is 0 Å². The second-order valence-electron chi connectivity index (χ2n) is 7.60. The average molecular weight is 394 g/mol. The van der Waals surface area contributed by atoms with Gasteiger partial charge in [0.1, 0.15) is 12.0 Å². The van der Waals surface area contributed by atoms with Crippen LogP contribution in [0.2, 0.25) is 0 Å². The molecule has 2 heterocycles. The Morgan fingerprint density at radius 1 is 1.10 bits per heavy atom. The number of nitrogens with zero attached hydrogens (tertiary/aromatic N) is 3. The molecule has 1 amide bonds.